The van der Waals surface area contributed by atoms with E-state index in [9.17, 15) is 4.79 Å². The summed E-state index contributed by atoms with van der Waals surface area (Å²) >= 11 is 0. The fourth-order valence-electron chi connectivity index (χ4n) is 1.56. The summed E-state index contributed by atoms with van der Waals surface area (Å²) in [6.45, 7) is 3.89. The Labute approximate surface area is 111 Å². The summed E-state index contributed by atoms with van der Waals surface area (Å²) in [5.74, 6) is 0.277. The van der Waals surface area contributed by atoms with Crippen molar-refractivity contribution in [3.8, 4) is 11.3 Å². The number of nitrogens with zero attached hydrogens (tertiary/aromatic N) is 1. The van der Waals surface area contributed by atoms with E-state index in [0.29, 0.717) is 11.5 Å². The number of carbonyl (C=O) groups is 1. The molecule has 0 unspecified atom stereocenters. The molecule has 2 aromatic rings. The Morgan fingerprint density at radius 2 is 2.11 bits per heavy atom. The van der Waals surface area contributed by atoms with E-state index >= 15 is 0 Å². The predicted octanol–water partition coefficient (Wildman–Crippen LogP) is 3.27. The SMILES string of the molecule is C/C=C\C(=O)OCc1cc(-c2ccc(C)cc2)on1. The van der Waals surface area contributed by atoms with Gasteiger partial charge in [-0.1, -0.05) is 41.1 Å². The van der Waals surface area contributed by atoms with Gasteiger partial charge in [0.05, 0.1) is 0 Å². The first-order chi connectivity index (χ1) is 9.19. The molecule has 0 saturated heterocycles. The zero-order valence-electron chi connectivity index (χ0n) is 10.9. The Bertz CT molecular complexity index is 582. The van der Waals surface area contributed by atoms with Gasteiger partial charge in [0.1, 0.15) is 12.3 Å². The van der Waals surface area contributed by atoms with Crippen molar-refractivity contribution in [3.05, 3.63) is 53.7 Å². The van der Waals surface area contributed by atoms with Crippen molar-refractivity contribution in [1.82, 2.24) is 5.16 Å². The molecule has 2 rings (SSSR count). The number of ether oxygens (including phenoxy) is 1. The van der Waals surface area contributed by atoms with E-state index in [-0.39, 0.29) is 12.6 Å². The maximum Gasteiger partial charge on any atom is 0.330 e. The summed E-state index contributed by atoms with van der Waals surface area (Å²) < 4.78 is 10.2. The summed E-state index contributed by atoms with van der Waals surface area (Å²) in [5, 5.41) is 3.87. The standard InChI is InChI=1S/C15H15NO3/c1-3-4-15(17)18-10-13-9-14(19-16-13)12-7-5-11(2)6-8-12/h3-9H,10H2,1-2H3/b4-3-. The molecule has 0 radical (unpaired) electrons. The molecular weight excluding hydrogens is 242 g/mol. The zero-order valence-corrected chi connectivity index (χ0v) is 10.9. The highest BCUT2D eigenvalue weighted by Gasteiger charge is 2.08. The minimum absolute atomic E-state index is 0.110. The van der Waals surface area contributed by atoms with Gasteiger partial charge in [0.2, 0.25) is 0 Å². The number of aromatic nitrogens is 1. The van der Waals surface area contributed by atoms with Crippen LogP contribution in [0.3, 0.4) is 0 Å². The largest absolute Gasteiger partial charge is 0.456 e. The fraction of sp³-hybridized carbons (Fsp3) is 0.200. The number of benzene rings is 1. The first kappa shape index (κ1) is 13.1. The van der Waals surface area contributed by atoms with Crippen molar-refractivity contribution < 1.29 is 14.1 Å². The molecule has 0 aliphatic rings. The van der Waals surface area contributed by atoms with Crippen LogP contribution in [0.2, 0.25) is 0 Å². The lowest BCUT2D eigenvalue weighted by Crippen LogP contribution is -2.00. The van der Waals surface area contributed by atoms with Crippen LogP contribution in [0, 0.1) is 6.92 Å². The van der Waals surface area contributed by atoms with E-state index in [1.165, 1.54) is 11.6 Å². The molecule has 0 bridgehead atoms. The van der Waals surface area contributed by atoms with Crippen molar-refractivity contribution in [1.29, 1.82) is 0 Å². The molecule has 0 spiro atoms. The van der Waals surface area contributed by atoms with E-state index in [1.807, 2.05) is 31.2 Å². The number of aryl methyl sites for hydroxylation is 1. The van der Waals surface area contributed by atoms with Gasteiger partial charge < -0.3 is 9.26 Å². The summed E-state index contributed by atoms with van der Waals surface area (Å²) in [7, 11) is 0. The minimum Gasteiger partial charge on any atom is -0.456 e. The molecule has 19 heavy (non-hydrogen) atoms. The lowest BCUT2D eigenvalue weighted by Gasteiger charge is -1.96. The molecule has 0 aliphatic heterocycles. The van der Waals surface area contributed by atoms with Gasteiger partial charge in [0, 0.05) is 17.7 Å². The molecule has 0 saturated carbocycles. The molecule has 0 amide bonds. The number of rotatable bonds is 4. The van der Waals surface area contributed by atoms with E-state index in [1.54, 1.807) is 19.1 Å². The molecule has 1 aromatic carbocycles. The zero-order chi connectivity index (χ0) is 13.7. The van der Waals surface area contributed by atoms with Gasteiger partial charge >= 0.3 is 5.97 Å². The van der Waals surface area contributed by atoms with E-state index in [2.05, 4.69) is 5.16 Å². The van der Waals surface area contributed by atoms with Gasteiger partial charge in [-0.25, -0.2) is 4.79 Å². The third kappa shape index (κ3) is 3.55. The van der Waals surface area contributed by atoms with Crippen molar-refractivity contribution in [2.75, 3.05) is 0 Å². The van der Waals surface area contributed by atoms with E-state index in [0.717, 1.165) is 5.56 Å². The lowest BCUT2D eigenvalue weighted by molar-refractivity contribution is -0.139. The second kappa shape index (κ2) is 6.00. The highest BCUT2D eigenvalue weighted by molar-refractivity contribution is 5.81. The monoisotopic (exact) mass is 257 g/mol. The molecule has 0 N–H and O–H groups in total. The molecule has 4 nitrogen and oxygen atoms in total. The van der Waals surface area contributed by atoms with Crippen LogP contribution in [0.1, 0.15) is 18.2 Å². The molecule has 1 heterocycles. The quantitative estimate of drug-likeness (QED) is 0.623. The van der Waals surface area contributed by atoms with Crippen molar-refractivity contribution in [2.45, 2.75) is 20.5 Å². The molecule has 0 fully saturated rings. The van der Waals surface area contributed by atoms with Crippen molar-refractivity contribution >= 4 is 5.97 Å². The first-order valence-electron chi connectivity index (χ1n) is 6.01. The lowest BCUT2D eigenvalue weighted by atomic mass is 10.1. The van der Waals surface area contributed by atoms with Crippen LogP contribution >= 0.6 is 0 Å². The Morgan fingerprint density at radius 1 is 1.37 bits per heavy atom. The second-order valence-corrected chi connectivity index (χ2v) is 4.16. The number of esters is 1. The highest BCUT2D eigenvalue weighted by Crippen LogP contribution is 2.20. The highest BCUT2D eigenvalue weighted by atomic mass is 16.5. The maximum atomic E-state index is 11.2. The van der Waals surface area contributed by atoms with Crippen LogP contribution in [-0.4, -0.2) is 11.1 Å². The predicted molar refractivity (Wildman–Crippen MR) is 71.3 cm³/mol. The summed E-state index contributed by atoms with van der Waals surface area (Å²) in [6, 6.07) is 9.71. The minimum atomic E-state index is -0.387. The third-order valence-electron chi connectivity index (χ3n) is 2.56. The maximum absolute atomic E-state index is 11.2. The molecule has 4 heteroatoms. The van der Waals surface area contributed by atoms with Gasteiger partial charge in [0.15, 0.2) is 5.76 Å². The Balaban J connectivity index is 2.03. The van der Waals surface area contributed by atoms with Crippen LogP contribution < -0.4 is 0 Å². The normalized spacial score (nSPS) is 10.8. The Morgan fingerprint density at radius 3 is 2.79 bits per heavy atom. The number of hydrogen-bond acceptors (Lipinski definition) is 4. The van der Waals surface area contributed by atoms with E-state index < -0.39 is 0 Å². The molecule has 0 aliphatic carbocycles. The average Bonchev–Trinajstić information content (AvgIpc) is 2.86. The van der Waals surface area contributed by atoms with Gasteiger partial charge in [0.25, 0.3) is 0 Å². The third-order valence-corrected chi connectivity index (χ3v) is 2.56. The second-order valence-electron chi connectivity index (χ2n) is 4.16. The topological polar surface area (TPSA) is 52.3 Å². The van der Waals surface area contributed by atoms with Crippen LogP contribution in [-0.2, 0) is 16.1 Å². The molecule has 1 aromatic heterocycles. The van der Waals surface area contributed by atoms with Crippen LogP contribution in [0.5, 0.6) is 0 Å². The summed E-state index contributed by atoms with van der Waals surface area (Å²) in [5.41, 5.74) is 2.72. The van der Waals surface area contributed by atoms with Crippen LogP contribution in [0.15, 0.2) is 47.0 Å². The van der Waals surface area contributed by atoms with Crippen LogP contribution in [0.4, 0.5) is 0 Å². The van der Waals surface area contributed by atoms with Gasteiger partial charge in [-0.3, -0.25) is 0 Å². The fourth-order valence-corrected chi connectivity index (χ4v) is 1.56. The average molecular weight is 257 g/mol. The smallest absolute Gasteiger partial charge is 0.330 e. The molecule has 98 valence electrons. The van der Waals surface area contributed by atoms with Crippen molar-refractivity contribution in [2.24, 2.45) is 0 Å². The number of allylic oxidation sites excluding steroid dienone is 1. The Kier molecular flexibility index (Phi) is 4.13. The summed E-state index contributed by atoms with van der Waals surface area (Å²) in [6.07, 6.45) is 2.99. The van der Waals surface area contributed by atoms with Gasteiger partial charge in [-0.15, -0.1) is 0 Å². The molecular formula is C15H15NO3. The van der Waals surface area contributed by atoms with Crippen LogP contribution in [0.25, 0.3) is 11.3 Å². The summed E-state index contributed by atoms with van der Waals surface area (Å²) in [4.78, 5) is 11.2. The Hall–Kier alpha value is -2.36. The van der Waals surface area contributed by atoms with E-state index in [4.69, 9.17) is 9.26 Å². The molecule has 0 atom stereocenters. The number of hydrogen-bond donors (Lipinski definition) is 0. The van der Waals surface area contributed by atoms with Gasteiger partial charge in [-0.2, -0.15) is 0 Å². The first-order valence-corrected chi connectivity index (χ1v) is 6.01. The van der Waals surface area contributed by atoms with Crippen molar-refractivity contribution in [3.63, 3.8) is 0 Å². The number of carbonyl (C=O) groups excluding carboxylic acids is 1. The van der Waals surface area contributed by atoms with Gasteiger partial charge in [-0.05, 0) is 13.8 Å².